The lowest BCUT2D eigenvalue weighted by Crippen LogP contribution is -2.01. The minimum absolute atomic E-state index is 0.00445. The summed E-state index contributed by atoms with van der Waals surface area (Å²) in [6.45, 7) is 3.83. The molecule has 15 heavy (non-hydrogen) atoms. The van der Waals surface area contributed by atoms with E-state index in [2.05, 4.69) is 6.92 Å². The zero-order chi connectivity index (χ0) is 11.3. The molecule has 0 saturated carbocycles. The van der Waals surface area contributed by atoms with Crippen molar-refractivity contribution in [2.24, 2.45) is 0 Å². The summed E-state index contributed by atoms with van der Waals surface area (Å²) < 4.78 is 15.7. The van der Waals surface area contributed by atoms with E-state index < -0.39 is 0 Å². The lowest BCUT2D eigenvalue weighted by Gasteiger charge is -2.15. The SMILES string of the molecule is [CH2]CC(OC)c1ccc(OC)c(OC)c1. The molecular formula is C12H17O3. The fraction of sp³-hybridized carbons (Fsp3) is 0.417. The van der Waals surface area contributed by atoms with Gasteiger partial charge in [0.25, 0.3) is 0 Å². The van der Waals surface area contributed by atoms with Crippen LogP contribution < -0.4 is 9.47 Å². The second kappa shape index (κ2) is 5.61. The van der Waals surface area contributed by atoms with Crippen molar-refractivity contribution in [3.63, 3.8) is 0 Å². The molecule has 0 spiro atoms. The highest BCUT2D eigenvalue weighted by molar-refractivity contribution is 5.43. The summed E-state index contributed by atoms with van der Waals surface area (Å²) in [4.78, 5) is 0. The second-order valence-electron chi connectivity index (χ2n) is 3.13. The van der Waals surface area contributed by atoms with Gasteiger partial charge in [-0.05, 0) is 24.1 Å². The van der Waals surface area contributed by atoms with Crippen molar-refractivity contribution in [1.29, 1.82) is 0 Å². The fourth-order valence-electron chi connectivity index (χ4n) is 1.47. The minimum atomic E-state index is 0.00445. The standard InChI is InChI=1S/C12H17O3/c1-5-10(13-2)9-6-7-11(14-3)12(8-9)15-4/h6-8,10H,1,5H2,2-4H3. The molecule has 0 aliphatic carbocycles. The molecule has 1 rings (SSSR count). The van der Waals surface area contributed by atoms with E-state index in [0.717, 1.165) is 11.3 Å². The van der Waals surface area contributed by atoms with Crippen LogP contribution in [0.3, 0.4) is 0 Å². The van der Waals surface area contributed by atoms with Gasteiger partial charge in [0.15, 0.2) is 11.5 Å². The number of hydrogen-bond donors (Lipinski definition) is 0. The van der Waals surface area contributed by atoms with Crippen LogP contribution in [-0.4, -0.2) is 21.3 Å². The Kier molecular flexibility index (Phi) is 4.43. The van der Waals surface area contributed by atoms with Gasteiger partial charge in [0.2, 0.25) is 0 Å². The summed E-state index contributed by atoms with van der Waals surface area (Å²) >= 11 is 0. The smallest absolute Gasteiger partial charge is 0.161 e. The molecule has 0 aromatic heterocycles. The van der Waals surface area contributed by atoms with Crippen molar-refractivity contribution in [1.82, 2.24) is 0 Å². The molecule has 0 amide bonds. The van der Waals surface area contributed by atoms with Crippen LogP contribution in [0.5, 0.6) is 11.5 Å². The summed E-state index contributed by atoms with van der Waals surface area (Å²) in [6, 6.07) is 5.74. The molecule has 1 atom stereocenters. The van der Waals surface area contributed by atoms with Crippen molar-refractivity contribution in [3.05, 3.63) is 30.7 Å². The summed E-state index contributed by atoms with van der Waals surface area (Å²) in [7, 11) is 4.91. The molecule has 1 aromatic rings. The predicted octanol–water partition coefficient (Wildman–Crippen LogP) is 2.62. The van der Waals surface area contributed by atoms with Crippen molar-refractivity contribution in [2.75, 3.05) is 21.3 Å². The predicted molar refractivity (Wildman–Crippen MR) is 59.3 cm³/mol. The Balaban J connectivity index is 3.01. The maximum absolute atomic E-state index is 5.30. The number of hydrogen-bond acceptors (Lipinski definition) is 3. The van der Waals surface area contributed by atoms with Crippen LogP contribution in [0.15, 0.2) is 18.2 Å². The average molecular weight is 209 g/mol. The largest absolute Gasteiger partial charge is 0.493 e. The topological polar surface area (TPSA) is 27.7 Å². The normalized spacial score (nSPS) is 12.3. The first-order valence-electron chi connectivity index (χ1n) is 4.80. The molecule has 3 heteroatoms. The average Bonchev–Trinajstić information content (AvgIpc) is 2.30. The van der Waals surface area contributed by atoms with Crippen LogP contribution in [0.25, 0.3) is 0 Å². The zero-order valence-electron chi connectivity index (χ0n) is 9.45. The van der Waals surface area contributed by atoms with Gasteiger partial charge in [-0.15, -0.1) is 0 Å². The second-order valence-corrected chi connectivity index (χ2v) is 3.13. The van der Waals surface area contributed by atoms with Gasteiger partial charge in [-0.1, -0.05) is 13.0 Å². The van der Waals surface area contributed by atoms with Gasteiger partial charge in [0.05, 0.1) is 20.3 Å². The van der Waals surface area contributed by atoms with Crippen LogP contribution in [-0.2, 0) is 4.74 Å². The highest BCUT2D eigenvalue weighted by Gasteiger charge is 2.11. The fourth-order valence-corrected chi connectivity index (χ4v) is 1.47. The van der Waals surface area contributed by atoms with Crippen LogP contribution in [0.1, 0.15) is 18.1 Å². The van der Waals surface area contributed by atoms with Gasteiger partial charge in [0.1, 0.15) is 0 Å². The Labute approximate surface area is 91.0 Å². The third kappa shape index (κ3) is 2.63. The van der Waals surface area contributed by atoms with Crippen molar-refractivity contribution < 1.29 is 14.2 Å². The highest BCUT2D eigenvalue weighted by atomic mass is 16.5. The summed E-state index contributed by atoms with van der Waals surface area (Å²) in [5, 5.41) is 0. The maximum Gasteiger partial charge on any atom is 0.161 e. The molecule has 1 aromatic carbocycles. The highest BCUT2D eigenvalue weighted by Crippen LogP contribution is 2.31. The summed E-state index contributed by atoms with van der Waals surface area (Å²) in [6.07, 6.45) is 0.691. The van der Waals surface area contributed by atoms with Gasteiger partial charge in [0, 0.05) is 7.11 Å². The Hall–Kier alpha value is -1.22. The Bertz CT molecular complexity index is 306. The monoisotopic (exact) mass is 209 g/mol. The maximum atomic E-state index is 5.30. The molecule has 83 valence electrons. The van der Waals surface area contributed by atoms with Crippen LogP contribution >= 0.6 is 0 Å². The first kappa shape index (κ1) is 11.9. The molecule has 0 bridgehead atoms. The van der Waals surface area contributed by atoms with E-state index in [1.165, 1.54) is 0 Å². The molecule has 0 fully saturated rings. The molecule has 0 aliphatic heterocycles. The zero-order valence-corrected chi connectivity index (χ0v) is 9.45. The van der Waals surface area contributed by atoms with Gasteiger partial charge in [-0.2, -0.15) is 0 Å². The van der Waals surface area contributed by atoms with E-state index >= 15 is 0 Å². The Morgan fingerprint density at radius 1 is 1.13 bits per heavy atom. The van der Waals surface area contributed by atoms with Gasteiger partial charge < -0.3 is 14.2 Å². The molecular weight excluding hydrogens is 192 g/mol. The molecule has 1 unspecified atom stereocenters. The van der Waals surface area contributed by atoms with Crippen LogP contribution in [0, 0.1) is 6.92 Å². The van der Waals surface area contributed by atoms with E-state index in [9.17, 15) is 0 Å². The number of methoxy groups -OCH3 is 3. The summed E-state index contributed by atoms with van der Waals surface area (Å²) in [5.41, 5.74) is 1.05. The van der Waals surface area contributed by atoms with Crippen molar-refractivity contribution >= 4 is 0 Å². The van der Waals surface area contributed by atoms with Crippen LogP contribution in [0.4, 0.5) is 0 Å². The van der Waals surface area contributed by atoms with Gasteiger partial charge >= 0.3 is 0 Å². The molecule has 0 heterocycles. The first-order valence-corrected chi connectivity index (χ1v) is 4.80. The number of rotatable bonds is 5. The van der Waals surface area contributed by atoms with E-state index in [1.807, 2.05) is 18.2 Å². The lowest BCUT2D eigenvalue weighted by molar-refractivity contribution is 0.105. The van der Waals surface area contributed by atoms with Crippen molar-refractivity contribution in [2.45, 2.75) is 12.5 Å². The van der Waals surface area contributed by atoms with E-state index in [-0.39, 0.29) is 6.10 Å². The third-order valence-corrected chi connectivity index (χ3v) is 2.33. The third-order valence-electron chi connectivity index (χ3n) is 2.33. The van der Waals surface area contributed by atoms with E-state index in [1.54, 1.807) is 21.3 Å². The quantitative estimate of drug-likeness (QED) is 0.746. The molecule has 0 aliphatic rings. The summed E-state index contributed by atoms with van der Waals surface area (Å²) in [5.74, 6) is 1.44. The molecule has 0 N–H and O–H groups in total. The number of benzene rings is 1. The van der Waals surface area contributed by atoms with E-state index in [0.29, 0.717) is 12.2 Å². The minimum Gasteiger partial charge on any atom is -0.493 e. The molecule has 3 nitrogen and oxygen atoms in total. The van der Waals surface area contributed by atoms with Crippen LogP contribution in [0.2, 0.25) is 0 Å². The first-order chi connectivity index (χ1) is 7.26. The van der Waals surface area contributed by atoms with Gasteiger partial charge in [-0.3, -0.25) is 0 Å². The number of ether oxygens (including phenoxy) is 3. The van der Waals surface area contributed by atoms with Crippen molar-refractivity contribution in [3.8, 4) is 11.5 Å². The Morgan fingerprint density at radius 2 is 1.80 bits per heavy atom. The Morgan fingerprint density at radius 3 is 2.27 bits per heavy atom. The molecule has 0 saturated heterocycles. The molecule has 1 radical (unpaired) electrons. The lowest BCUT2D eigenvalue weighted by atomic mass is 10.1. The van der Waals surface area contributed by atoms with E-state index in [4.69, 9.17) is 14.2 Å². The van der Waals surface area contributed by atoms with Gasteiger partial charge in [-0.25, -0.2) is 0 Å².